The van der Waals surface area contributed by atoms with E-state index < -0.39 is 0 Å². The average Bonchev–Trinajstić information content (AvgIpc) is 2.83. The molecule has 0 amide bonds. The van der Waals surface area contributed by atoms with Crippen LogP contribution in [0.4, 0.5) is 5.69 Å². The number of benzene rings is 1. The molecule has 4 nitrogen and oxygen atoms in total. The molecule has 2 rings (SSSR count). The maximum absolute atomic E-state index is 5.86. The quantitative estimate of drug-likeness (QED) is 0.839. The highest BCUT2D eigenvalue weighted by atomic mass is 16.5. The highest BCUT2D eigenvalue weighted by molar-refractivity contribution is 5.47. The molecule has 1 heterocycles. The predicted molar refractivity (Wildman–Crippen MR) is 73.0 cm³/mol. The second kappa shape index (κ2) is 6.07. The molecule has 0 aromatic heterocycles. The Morgan fingerprint density at radius 3 is 2.61 bits per heavy atom. The van der Waals surface area contributed by atoms with E-state index >= 15 is 0 Å². The van der Waals surface area contributed by atoms with Crippen LogP contribution in [0.15, 0.2) is 24.3 Å². The van der Waals surface area contributed by atoms with Crippen molar-refractivity contribution in [1.29, 1.82) is 0 Å². The molecule has 0 saturated carbocycles. The molecule has 0 radical (unpaired) electrons. The fourth-order valence-electron chi connectivity index (χ4n) is 2.33. The van der Waals surface area contributed by atoms with Crippen LogP contribution in [0.1, 0.15) is 19.8 Å². The lowest BCUT2D eigenvalue weighted by molar-refractivity contribution is 0.0460. The van der Waals surface area contributed by atoms with Crippen molar-refractivity contribution in [2.24, 2.45) is 5.73 Å². The van der Waals surface area contributed by atoms with Crippen LogP contribution in [-0.4, -0.2) is 31.9 Å². The smallest absolute Gasteiger partial charge is 0.119 e. The molecule has 3 N–H and O–H groups in total. The van der Waals surface area contributed by atoms with Gasteiger partial charge in [0.2, 0.25) is 0 Å². The first-order valence-electron chi connectivity index (χ1n) is 6.49. The molecule has 1 saturated heterocycles. The van der Waals surface area contributed by atoms with Gasteiger partial charge in [0.1, 0.15) is 5.75 Å². The Hall–Kier alpha value is -1.26. The monoisotopic (exact) mass is 250 g/mol. The summed E-state index contributed by atoms with van der Waals surface area (Å²) in [4.78, 5) is 0. The minimum Gasteiger partial charge on any atom is -0.497 e. The molecule has 0 bridgehead atoms. The van der Waals surface area contributed by atoms with Gasteiger partial charge < -0.3 is 20.5 Å². The molecule has 1 aromatic carbocycles. The number of ether oxygens (including phenoxy) is 2. The van der Waals surface area contributed by atoms with Crippen LogP contribution in [0.5, 0.6) is 5.75 Å². The first-order chi connectivity index (χ1) is 8.72. The van der Waals surface area contributed by atoms with E-state index in [1.54, 1.807) is 7.11 Å². The fourth-order valence-corrected chi connectivity index (χ4v) is 2.33. The van der Waals surface area contributed by atoms with Gasteiger partial charge in [0.15, 0.2) is 0 Å². The first-order valence-corrected chi connectivity index (χ1v) is 6.49. The molecule has 3 atom stereocenters. The van der Waals surface area contributed by atoms with Crippen LogP contribution in [0, 0.1) is 0 Å². The van der Waals surface area contributed by atoms with Gasteiger partial charge >= 0.3 is 0 Å². The molecule has 0 spiro atoms. The molecule has 0 aliphatic carbocycles. The lowest BCUT2D eigenvalue weighted by atomic mass is 10.1. The van der Waals surface area contributed by atoms with E-state index in [9.17, 15) is 0 Å². The van der Waals surface area contributed by atoms with Gasteiger partial charge in [0, 0.05) is 12.2 Å². The van der Waals surface area contributed by atoms with E-state index in [1.165, 1.54) is 0 Å². The number of nitrogens with one attached hydrogen (secondary N) is 1. The number of hydrogen-bond acceptors (Lipinski definition) is 4. The summed E-state index contributed by atoms with van der Waals surface area (Å²) in [7, 11) is 1.67. The Bertz CT molecular complexity index is 367. The minimum absolute atomic E-state index is 0.170. The van der Waals surface area contributed by atoms with Gasteiger partial charge in [0.25, 0.3) is 0 Å². The number of hydrogen-bond donors (Lipinski definition) is 2. The summed E-state index contributed by atoms with van der Waals surface area (Å²) in [6, 6.07) is 8.05. The Morgan fingerprint density at radius 1 is 1.39 bits per heavy atom. The number of methoxy groups -OCH3 is 1. The molecular weight excluding hydrogens is 228 g/mol. The Balaban J connectivity index is 1.96. The zero-order valence-corrected chi connectivity index (χ0v) is 11.1. The van der Waals surface area contributed by atoms with E-state index in [0.29, 0.717) is 12.6 Å². The number of anilines is 1. The maximum atomic E-state index is 5.86. The highest BCUT2D eigenvalue weighted by Crippen LogP contribution is 2.24. The number of nitrogens with two attached hydrogens (primary N) is 1. The van der Waals surface area contributed by atoms with Crippen molar-refractivity contribution in [3.63, 3.8) is 0 Å². The van der Waals surface area contributed by atoms with Crippen LogP contribution in [0.2, 0.25) is 0 Å². The van der Waals surface area contributed by atoms with Crippen molar-refractivity contribution < 1.29 is 9.47 Å². The Morgan fingerprint density at radius 2 is 2.11 bits per heavy atom. The van der Waals surface area contributed by atoms with Gasteiger partial charge in [-0.3, -0.25) is 0 Å². The molecular formula is C14H22N2O2. The third-order valence-electron chi connectivity index (χ3n) is 3.41. The first kappa shape index (κ1) is 13.2. The van der Waals surface area contributed by atoms with Crippen LogP contribution in [0.25, 0.3) is 0 Å². The average molecular weight is 250 g/mol. The van der Waals surface area contributed by atoms with Crippen LogP contribution >= 0.6 is 0 Å². The van der Waals surface area contributed by atoms with E-state index in [1.807, 2.05) is 24.3 Å². The van der Waals surface area contributed by atoms with Gasteiger partial charge in [-0.15, -0.1) is 0 Å². The molecule has 1 aliphatic heterocycles. The Kier molecular flexibility index (Phi) is 4.44. The zero-order valence-electron chi connectivity index (χ0n) is 11.1. The van der Waals surface area contributed by atoms with Crippen molar-refractivity contribution in [2.75, 3.05) is 19.0 Å². The van der Waals surface area contributed by atoms with Crippen molar-refractivity contribution in [3.05, 3.63) is 24.3 Å². The molecule has 3 unspecified atom stereocenters. The molecule has 1 aromatic rings. The van der Waals surface area contributed by atoms with Crippen LogP contribution in [0.3, 0.4) is 0 Å². The summed E-state index contributed by atoms with van der Waals surface area (Å²) in [5.41, 5.74) is 6.89. The van der Waals surface area contributed by atoms with Crippen molar-refractivity contribution >= 4 is 5.69 Å². The molecule has 100 valence electrons. The van der Waals surface area contributed by atoms with Crippen LogP contribution < -0.4 is 15.8 Å². The standard InChI is InChI=1S/C14H22N2O2/c1-10-3-8-14(18-10)13(9-15)16-11-4-6-12(17-2)7-5-11/h4-7,10,13-14,16H,3,8-9,15H2,1-2H3. The summed E-state index contributed by atoms with van der Waals surface area (Å²) in [5.74, 6) is 0.857. The van der Waals surface area contributed by atoms with E-state index in [-0.39, 0.29) is 12.1 Å². The molecule has 1 aliphatic rings. The lowest BCUT2D eigenvalue weighted by Gasteiger charge is -2.24. The summed E-state index contributed by atoms with van der Waals surface area (Å²) in [6.45, 7) is 2.68. The summed E-state index contributed by atoms with van der Waals surface area (Å²) in [6.07, 6.45) is 2.76. The van der Waals surface area contributed by atoms with Gasteiger partial charge in [-0.1, -0.05) is 0 Å². The molecule has 4 heteroatoms. The van der Waals surface area contributed by atoms with Gasteiger partial charge in [0.05, 0.1) is 25.4 Å². The number of rotatable bonds is 5. The third kappa shape index (κ3) is 3.15. The minimum atomic E-state index is 0.170. The van der Waals surface area contributed by atoms with Gasteiger partial charge in [-0.25, -0.2) is 0 Å². The van der Waals surface area contributed by atoms with E-state index in [2.05, 4.69) is 12.2 Å². The SMILES string of the molecule is COc1ccc(NC(CN)C2CCC(C)O2)cc1. The van der Waals surface area contributed by atoms with Gasteiger partial charge in [-0.2, -0.15) is 0 Å². The predicted octanol–water partition coefficient (Wildman–Crippen LogP) is 2.00. The molecule has 18 heavy (non-hydrogen) atoms. The largest absolute Gasteiger partial charge is 0.497 e. The summed E-state index contributed by atoms with van der Waals surface area (Å²) < 4.78 is 11.0. The topological polar surface area (TPSA) is 56.5 Å². The van der Waals surface area contributed by atoms with Crippen molar-refractivity contribution in [2.45, 2.75) is 38.0 Å². The van der Waals surface area contributed by atoms with Crippen LogP contribution in [-0.2, 0) is 4.74 Å². The fraction of sp³-hybridized carbons (Fsp3) is 0.571. The maximum Gasteiger partial charge on any atom is 0.119 e. The van der Waals surface area contributed by atoms with Crippen molar-refractivity contribution in [1.82, 2.24) is 0 Å². The third-order valence-corrected chi connectivity index (χ3v) is 3.41. The summed E-state index contributed by atoms with van der Waals surface area (Å²) >= 11 is 0. The second-order valence-electron chi connectivity index (χ2n) is 4.78. The lowest BCUT2D eigenvalue weighted by Crippen LogP contribution is -2.40. The van der Waals surface area contributed by atoms with E-state index in [0.717, 1.165) is 24.3 Å². The highest BCUT2D eigenvalue weighted by Gasteiger charge is 2.28. The normalized spacial score (nSPS) is 24.8. The van der Waals surface area contributed by atoms with E-state index in [4.69, 9.17) is 15.2 Å². The van der Waals surface area contributed by atoms with Gasteiger partial charge in [-0.05, 0) is 44.0 Å². The Labute approximate surface area is 108 Å². The molecule has 1 fully saturated rings. The van der Waals surface area contributed by atoms with Crippen molar-refractivity contribution in [3.8, 4) is 5.75 Å². The summed E-state index contributed by atoms with van der Waals surface area (Å²) in [5, 5.41) is 3.44. The zero-order chi connectivity index (χ0) is 13.0. The second-order valence-corrected chi connectivity index (χ2v) is 4.78.